The van der Waals surface area contributed by atoms with Crippen LogP contribution >= 0.6 is 22.6 Å². The summed E-state index contributed by atoms with van der Waals surface area (Å²) in [4.78, 5) is 49.6. The van der Waals surface area contributed by atoms with E-state index < -0.39 is 7.12 Å². The summed E-state index contributed by atoms with van der Waals surface area (Å²) < 4.78 is 10.1. The van der Waals surface area contributed by atoms with Gasteiger partial charge in [0.1, 0.15) is 39.4 Å². The van der Waals surface area contributed by atoms with Gasteiger partial charge in [0.2, 0.25) is 11.8 Å². The number of carbonyl (C=O) groups is 2. The molecule has 2 saturated heterocycles. The van der Waals surface area contributed by atoms with E-state index in [2.05, 4.69) is 47.6 Å². The minimum Gasteiger partial charge on any atom is -0.496 e. The monoisotopic (exact) mass is 1030 g/mol. The minimum atomic E-state index is -1.35. The van der Waals surface area contributed by atoms with Crippen molar-refractivity contribution in [3.8, 4) is 17.0 Å². The van der Waals surface area contributed by atoms with E-state index in [1.165, 1.54) is 12.7 Å². The summed E-state index contributed by atoms with van der Waals surface area (Å²) in [5.41, 5.74) is 19.0. The fourth-order valence-electron chi connectivity index (χ4n) is 7.77. The first-order valence-corrected chi connectivity index (χ1v) is 23.0. The number of halogens is 1. The summed E-state index contributed by atoms with van der Waals surface area (Å²) in [5.74, 6) is 1.66. The van der Waals surface area contributed by atoms with E-state index in [1.807, 2.05) is 114 Å². The van der Waals surface area contributed by atoms with Crippen LogP contribution in [-0.2, 0) is 9.59 Å². The molecule has 6 aromatic rings. The number of anilines is 2. The summed E-state index contributed by atoms with van der Waals surface area (Å²) >= 11 is 2.15. The Labute approximate surface area is 404 Å². The normalized spacial score (nSPS) is 16.1. The van der Waals surface area contributed by atoms with E-state index in [4.69, 9.17) is 31.4 Å². The Morgan fingerprint density at radius 2 is 1.28 bits per heavy atom. The van der Waals surface area contributed by atoms with E-state index >= 15 is 0 Å². The highest BCUT2D eigenvalue weighted by Crippen LogP contribution is 2.36. The van der Waals surface area contributed by atoms with Crippen LogP contribution in [0.15, 0.2) is 73.4 Å². The predicted octanol–water partition coefficient (Wildman–Crippen LogP) is 3.17. The zero-order chi connectivity index (χ0) is 48.5. The number of hydrogen-bond donors (Lipinski definition) is 4. The van der Waals surface area contributed by atoms with Gasteiger partial charge in [-0.15, -0.1) is 0 Å². The van der Waals surface area contributed by atoms with Crippen molar-refractivity contribution in [1.29, 1.82) is 0 Å². The van der Waals surface area contributed by atoms with Crippen LogP contribution in [0.2, 0.25) is 0 Å². The number of benzene rings is 2. The molecule has 354 valence electrons. The number of ether oxygens (including phenoxy) is 1. The Morgan fingerprint density at radius 3 is 1.81 bits per heavy atom. The Hall–Kier alpha value is -6.01. The number of nitrogens with two attached hydrogens (primary N) is 2. The molecule has 0 bridgehead atoms. The number of fused-ring (bicyclic) bond motifs is 2. The van der Waals surface area contributed by atoms with E-state index in [0.29, 0.717) is 60.0 Å². The topological polar surface area (TPSA) is 236 Å². The minimum absolute atomic E-state index is 0.0130. The van der Waals surface area contributed by atoms with Gasteiger partial charge in [-0.3, -0.25) is 9.59 Å². The number of hydrogen-bond acceptors (Lipinski definition) is 15. The third-order valence-corrected chi connectivity index (χ3v) is 12.4. The summed E-state index contributed by atoms with van der Waals surface area (Å²) in [5, 5.41) is 28.6. The second kappa shape index (κ2) is 22.7. The van der Waals surface area contributed by atoms with Crippen molar-refractivity contribution in [2.45, 2.75) is 45.7 Å². The van der Waals surface area contributed by atoms with Crippen molar-refractivity contribution in [3.05, 3.63) is 93.7 Å². The molecule has 0 radical (unpaired) electrons. The fourth-order valence-corrected chi connectivity index (χ4v) is 8.52. The quantitative estimate of drug-likeness (QED) is 0.0829. The predicted molar refractivity (Wildman–Crippen MR) is 271 cm³/mol. The molecule has 6 heterocycles. The number of nitrogens with zero attached hydrogens (tertiary/aromatic N) is 12. The molecule has 2 aromatic carbocycles. The molecule has 2 fully saturated rings. The Balaban J connectivity index is 0.000000185. The van der Waals surface area contributed by atoms with Gasteiger partial charge >= 0.3 is 7.12 Å². The van der Waals surface area contributed by atoms with Crippen molar-refractivity contribution in [3.63, 3.8) is 0 Å². The number of rotatable bonds is 11. The SMILES string of the molecule is CN(C)C/C=C/C(=O)N1CC[C@@H](n2nc(I)c3c(N)ncnc32)C1.COc1cc(-c2nn([C@@H]3CCN(C(=O)/C=C/CN(C)C)C3)c3ncnc(N)c23)ccc1C.Cc1ccc(B(O)O)cc1C. The lowest BCUT2D eigenvalue weighted by atomic mass is 9.79. The van der Waals surface area contributed by atoms with Crippen LogP contribution in [0.25, 0.3) is 33.3 Å². The molecular formula is C46H60BIN14O5. The van der Waals surface area contributed by atoms with Gasteiger partial charge in [-0.1, -0.05) is 42.5 Å². The van der Waals surface area contributed by atoms with E-state index in [1.54, 1.807) is 31.4 Å². The number of likely N-dealkylation sites (N-methyl/N-ethyl adjacent to an activating group) is 2. The first kappa shape index (κ1) is 50.4. The maximum Gasteiger partial charge on any atom is 0.488 e. The van der Waals surface area contributed by atoms with Crippen molar-refractivity contribution < 1.29 is 24.4 Å². The average molecular weight is 1030 g/mol. The molecule has 67 heavy (non-hydrogen) atoms. The molecule has 2 amide bonds. The third-order valence-electron chi connectivity index (χ3n) is 11.6. The molecular weight excluding hydrogens is 966 g/mol. The summed E-state index contributed by atoms with van der Waals surface area (Å²) in [6.07, 6.45) is 11.6. The Bertz CT molecular complexity index is 2760. The van der Waals surface area contributed by atoms with Gasteiger partial charge in [-0.05, 0) is 113 Å². The van der Waals surface area contributed by atoms with Crippen LogP contribution in [-0.4, -0.2) is 163 Å². The third kappa shape index (κ3) is 12.3. The van der Waals surface area contributed by atoms with Crippen molar-refractivity contribution >= 4 is 80.7 Å². The molecule has 0 spiro atoms. The number of nitrogen functional groups attached to an aromatic ring is 2. The van der Waals surface area contributed by atoms with Crippen LogP contribution < -0.4 is 21.7 Å². The lowest BCUT2D eigenvalue weighted by Gasteiger charge is -2.15. The Kier molecular flexibility index (Phi) is 17.0. The molecule has 6 N–H and O–H groups in total. The smallest absolute Gasteiger partial charge is 0.488 e. The van der Waals surface area contributed by atoms with Crippen LogP contribution in [0.5, 0.6) is 5.75 Å². The number of aryl methyl sites for hydroxylation is 3. The van der Waals surface area contributed by atoms with Crippen molar-refractivity contribution in [2.24, 2.45) is 0 Å². The molecule has 21 heteroatoms. The maximum absolute atomic E-state index is 12.6. The number of likely N-dealkylation sites (tertiary alicyclic amines) is 2. The first-order valence-electron chi connectivity index (χ1n) is 21.9. The Morgan fingerprint density at radius 1 is 0.761 bits per heavy atom. The van der Waals surface area contributed by atoms with Crippen LogP contribution in [0.3, 0.4) is 0 Å². The highest BCUT2D eigenvalue weighted by Gasteiger charge is 2.31. The molecule has 2 aliphatic rings. The van der Waals surface area contributed by atoms with E-state index in [0.717, 1.165) is 68.7 Å². The molecule has 8 rings (SSSR count). The molecule has 19 nitrogen and oxygen atoms in total. The molecule has 0 unspecified atom stereocenters. The zero-order valence-corrected chi connectivity index (χ0v) is 41.5. The number of amides is 2. The van der Waals surface area contributed by atoms with Gasteiger partial charge in [-0.2, -0.15) is 10.2 Å². The van der Waals surface area contributed by atoms with Gasteiger partial charge in [-0.25, -0.2) is 29.3 Å². The summed E-state index contributed by atoms with van der Waals surface area (Å²) in [6.45, 7) is 10.00. The number of aromatic nitrogens is 8. The van der Waals surface area contributed by atoms with Gasteiger partial charge in [0.15, 0.2) is 11.3 Å². The van der Waals surface area contributed by atoms with Gasteiger partial charge in [0.05, 0.1) is 30.0 Å². The highest BCUT2D eigenvalue weighted by atomic mass is 127. The van der Waals surface area contributed by atoms with E-state index in [-0.39, 0.29) is 23.9 Å². The molecule has 2 aliphatic heterocycles. The standard InChI is InChI=1S/C23H29N7O2.C15H20IN7O.C8H11BO2/c1-15-7-8-16(12-18(15)32-4)21-20-22(24)25-14-26-23(20)30(27-21)17-9-11-29(13-17)19(31)6-5-10-28(2)3;1-21(2)6-3-4-11(24)22-7-5-10(8-22)23-15-12(13(16)20-23)14(17)18-9-19-15;1-6-3-4-8(9(10)11)5-7(6)2/h5-8,12,14,17H,9-11,13H2,1-4H3,(H2,24,25,26);3-4,9-10H,5-8H2,1-2H3,(H2,17,18,19);3-5,10-11H,1-2H3/b6-5+;4-3+;/t17-;10-;/m11./s1. The molecule has 0 aliphatic carbocycles. The maximum atomic E-state index is 12.6. The average Bonchev–Trinajstić information content (AvgIpc) is 4.11. The summed E-state index contributed by atoms with van der Waals surface area (Å²) in [6, 6.07) is 11.4. The van der Waals surface area contributed by atoms with Gasteiger partial charge < -0.3 is 45.9 Å². The zero-order valence-electron chi connectivity index (χ0n) is 39.3. The van der Waals surface area contributed by atoms with Crippen LogP contribution in [0.1, 0.15) is 41.6 Å². The van der Waals surface area contributed by atoms with Crippen molar-refractivity contribution in [1.82, 2.24) is 59.1 Å². The van der Waals surface area contributed by atoms with Crippen LogP contribution in [0, 0.1) is 24.5 Å². The van der Waals surface area contributed by atoms with Gasteiger partial charge in [0.25, 0.3) is 0 Å². The van der Waals surface area contributed by atoms with Crippen molar-refractivity contribution in [2.75, 3.05) is 86.0 Å². The second-order valence-corrected chi connectivity index (χ2v) is 18.1. The van der Waals surface area contributed by atoms with E-state index in [9.17, 15) is 9.59 Å². The number of methoxy groups -OCH3 is 1. The van der Waals surface area contributed by atoms with Crippen LogP contribution in [0.4, 0.5) is 11.6 Å². The first-order chi connectivity index (χ1) is 32.0. The lowest BCUT2D eigenvalue weighted by Crippen LogP contribution is -2.29. The molecule has 4 aromatic heterocycles. The van der Waals surface area contributed by atoms with Gasteiger partial charge in [0, 0.05) is 57.0 Å². The largest absolute Gasteiger partial charge is 0.496 e. The lowest BCUT2D eigenvalue weighted by molar-refractivity contribution is -0.125. The highest BCUT2D eigenvalue weighted by molar-refractivity contribution is 14.1. The summed E-state index contributed by atoms with van der Waals surface area (Å²) in [7, 11) is 8.18. The molecule has 2 atom stereocenters. The fraction of sp³-hybridized carbons (Fsp3) is 0.391. The molecule has 0 saturated carbocycles. The second-order valence-electron chi connectivity index (χ2n) is 17.1. The number of carbonyl (C=O) groups excluding carboxylic acids is 2.